The van der Waals surface area contributed by atoms with Crippen LogP contribution in [0.2, 0.25) is 6.04 Å². The third-order valence-corrected chi connectivity index (χ3v) is 12.7. The SMILES string of the molecule is CCCCC/C=C\CCC(C)O[Si](CCCCCN1CCCC1)(OC(C)CC/C=C\CCCCC)OC(C)CC/C=C\CCCCC. The van der Waals surface area contributed by atoms with Gasteiger partial charge >= 0.3 is 8.80 Å². The zero-order valence-corrected chi connectivity index (χ0v) is 33.5. The number of likely N-dealkylation sites (tertiary alicyclic amines) is 1. The van der Waals surface area contributed by atoms with Gasteiger partial charge in [0.1, 0.15) is 0 Å². The van der Waals surface area contributed by atoms with Crippen molar-refractivity contribution in [3.63, 3.8) is 0 Å². The van der Waals surface area contributed by atoms with Crippen LogP contribution in [0.3, 0.4) is 0 Å². The third kappa shape index (κ3) is 25.8. The number of unbranched alkanes of at least 4 members (excludes halogenated alkanes) is 11. The van der Waals surface area contributed by atoms with Crippen LogP contribution < -0.4 is 0 Å². The molecule has 0 aromatic carbocycles. The highest BCUT2D eigenvalue weighted by Gasteiger charge is 2.45. The van der Waals surface area contributed by atoms with Gasteiger partial charge in [-0.15, -0.1) is 0 Å². The molecule has 0 radical (unpaired) electrons. The van der Waals surface area contributed by atoms with Crippen molar-refractivity contribution in [2.24, 2.45) is 0 Å². The molecule has 1 aliphatic heterocycles. The van der Waals surface area contributed by atoms with Crippen LogP contribution in [0, 0.1) is 0 Å². The molecule has 1 fully saturated rings. The van der Waals surface area contributed by atoms with Crippen LogP contribution >= 0.6 is 0 Å². The second-order valence-corrected chi connectivity index (χ2v) is 17.0. The molecular weight excluding hydrogens is 595 g/mol. The van der Waals surface area contributed by atoms with Crippen molar-refractivity contribution in [2.75, 3.05) is 19.6 Å². The highest BCUT2D eigenvalue weighted by Crippen LogP contribution is 2.28. The number of allylic oxidation sites excluding steroid dienone is 6. The Labute approximate surface area is 295 Å². The summed E-state index contributed by atoms with van der Waals surface area (Å²) in [4.78, 5) is 2.64. The molecule has 3 unspecified atom stereocenters. The summed E-state index contributed by atoms with van der Waals surface area (Å²) in [5.41, 5.74) is 0. The van der Waals surface area contributed by atoms with Crippen molar-refractivity contribution >= 4 is 8.80 Å². The molecule has 3 atom stereocenters. The summed E-state index contributed by atoms with van der Waals surface area (Å²) in [6.07, 6.45) is 42.5. The van der Waals surface area contributed by atoms with Crippen LogP contribution in [-0.2, 0) is 13.3 Å². The van der Waals surface area contributed by atoms with Crippen molar-refractivity contribution in [1.82, 2.24) is 4.90 Å². The van der Waals surface area contributed by atoms with Gasteiger partial charge in [0.15, 0.2) is 0 Å². The predicted octanol–water partition coefficient (Wildman–Crippen LogP) is 13.2. The van der Waals surface area contributed by atoms with E-state index in [1.807, 2.05) is 0 Å². The van der Waals surface area contributed by atoms with Crippen molar-refractivity contribution in [2.45, 2.75) is 214 Å². The molecule has 276 valence electrons. The highest BCUT2D eigenvalue weighted by atomic mass is 28.4. The lowest BCUT2D eigenvalue weighted by molar-refractivity contribution is -0.0134. The van der Waals surface area contributed by atoms with Gasteiger partial charge in [-0.2, -0.15) is 0 Å². The van der Waals surface area contributed by atoms with E-state index in [9.17, 15) is 0 Å². The first-order valence-corrected chi connectivity index (χ1v) is 22.6. The van der Waals surface area contributed by atoms with Crippen LogP contribution in [0.1, 0.15) is 189 Å². The standard InChI is InChI=1S/C42H81NO3Si/c1-7-10-13-16-19-22-26-33-40(4)44-47(39-32-25-29-36-43-37-30-31-38-43,45-41(5)34-27-23-20-17-14-11-8-2)46-42(6)35-28-24-21-18-15-12-9-3/h19-24,40-42H,7-18,25-39H2,1-6H3/b22-19-,23-20-,24-21-. The minimum atomic E-state index is -2.91. The Balaban J connectivity index is 2.91. The number of hydrogen-bond acceptors (Lipinski definition) is 4. The van der Waals surface area contributed by atoms with Crippen molar-refractivity contribution in [1.29, 1.82) is 0 Å². The average Bonchev–Trinajstić information content (AvgIpc) is 3.57. The normalized spacial score (nSPS) is 17.7. The number of nitrogens with zero attached hydrogens (tertiary/aromatic N) is 1. The van der Waals surface area contributed by atoms with Gasteiger partial charge in [0.2, 0.25) is 0 Å². The van der Waals surface area contributed by atoms with E-state index in [1.54, 1.807) is 0 Å². The summed E-state index contributed by atoms with van der Waals surface area (Å²) in [5.74, 6) is 0. The maximum atomic E-state index is 7.06. The monoisotopic (exact) mass is 676 g/mol. The van der Waals surface area contributed by atoms with Crippen LogP contribution in [0.4, 0.5) is 0 Å². The molecule has 47 heavy (non-hydrogen) atoms. The van der Waals surface area contributed by atoms with Crippen LogP contribution in [0.5, 0.6) is 0 Å². The summed E-state index contributed by atoms with van der Waals surface area (Å²) in [7, 11) is -2.91. The summed E-state index contributed by atoms with van der Waals surface area (Å²) in [6.45, 7) is 17.4. The lowest BCUT2D eigenvalue weighted by Gasteiger charge is -2.37. The first kappa shape index (κ1) is 44.3. The Morgan fingerprint density at radius 2 is 0.872 bits per heavy atom. The topological polar surface area (TPSA) is 30.9 Å². The van der Waals surface area contributed by atoms with Gasteiger partial charge < -0.3 is 18.2 Å². The number of rotatable bonds is 33. The molecule has 5 heteroatoms. The Bertz CT molecular complexity index is 684. The Hall–Kier alpha value is -0.723. The molecule has 0 aliphatic carbocycles. The molecule has 1 rings (SSSR count). The van der Waals surface area contributed by atoms with Gasteiger partial charge in [-0.05, 0) is 143 Å². The lowest BCUT2D eigenvalue weighted by Crippen LogP contribution is -2.51. The Kier molecular flexibility index (Phi) is 29.5. The van der Waals surface area contributed by atoms with E-state index in [4.69, 9.17) is 13.3 Å². The van der Waals surface area contributed by atoms with Crippen LogP contribution in [-0.4, -0.2) is 51.7 Å². The summed E-state index contributed by atoms with van der Waals surface area (Å²) < 4.78 is 21.2. The van der Waals surface area contributed by atoms with E-state index in [0.717, 1.165) is 51.0 Å². The van der Waals surface area contributed by atoms with Gasteiger partial charge in [0.25, 0.3) is 0 Å². The minimum Gasteiger partial charge on any atom is -0.371 e. The molecule has 0 spiro atoms. The van der Waals surface area contributed by atoms with Crippen LogP contribution in [0.15, 0.2) is 36.5 Å². The molecule has 1 saturated heterocycles. The summed E-state index contributed by atoms with van der Waals surface area (Å²) in [6, 6.07) is 0.929. The van der Waals surface area contributed by atoms with E-state index in [0.29, 0.717) is 0 Å². The highest BCUT2D eigenvalue weighted by molar-refractivity contribution is 6.60. The van der Waals surface area contributed by atoms with Gasteiger partial charge in [-0.25, -0.2) is 0 Å². The lowest BCUT2D eigenvalue weighted by atomic mass is 10.1. The van der Waals surface area contributed by atoms with Crippen molar-refractivity contribution in [3.05, 3.63) is 36.5 Å². The van der Waals surface area contributed by atoms with Gasteiger partial charge in [0, 0.05) is 24.4 Å². The molecule has 0 bridgehead atoms. The number of hydrogen-bond donors (Lipinski definition) is 0. The molecule has 0 aromatic rings. The first-order chi connectivity index (χ1) is 22.9. The fraction of sp³-hybridized carbons (Fsp3) is 0.857. The zero-order valence-electron chi connectivity index (χ0n) is 32.5. The Morgan fingerprint density at radius 1 is 0.489 bits per heavy atom. The second-order valence-electron chi connectivity index (χ2n) is 14.5. The van der Waals surface area contributed by atoms with E-state index < -0.39 is 8.80 Å². The first-order valence-electron chi connectivity index (χ1n) is 20.6. The molecule has 1 aliphatic rings. The summed E-state index contributed by atoms with van der Waals surface area (Å²) in [5, 5.41) is 0. The molecule has 0 N–H and O–H groups in total. The second kappa shape index (κ2) is 31.3. The van der Waals surface area contributed by atoms with E-state index in [-0.39, 0.29) is 18.3 Å². The quantitative estimate of drug-likeness (QED) is 0.0393. The predicted molar refractivity (Wildman–Crippen MR) is 209 cm³/mol. The van der Waals surface area contributed by atoms with Gasteiger partial charge in [0.05, 0.1) is 0 Å². The van der Waals surface area contributed by atoms with Crippen LogP contribution in [0.25, 0.3) is 0 Å². The van der Waals surface area contributed by atoms with Crippen molar-refractivity contribution < 1.29 is 13.3 Å². The maximum Gasteiger partial charge on any atom is 0.501 e. The van der Waals surface area contributed by atoms with E-state index in [1.165, 1.54) is 122 Å². The fourth-order valence-corrected chi connectivity index (χ4v) is 9.85. The van der Waals surface area contributed by atoms with Gasteiger partial charge in [-0.3, -0.25) is 0 Å². The molecule has 1 heterocycles. The molecular formula is C42H81NO3Si. The molecule has 0 amide bonds. The van der Waals surface area contributed by atoms with Crippen molar-refractivity contribution in [3.8, 4) is 0 Å². The summed E-state index contributed by atoms with van der Waals surface area (Å²) >= 11 is 0. The maximum absolute atomic E-state index is 7.06. The molecule has 0 aromatic heterocycles. The molecule has 0 saturated carbocycles. The minimum absolute atomic E-state index is 0.128. The van der Waals surface area contributed by atoms with Gasteiger partial charge in [-0.1, -0.05) is 102 Å². The zero-order chi connectivity index (χ0) is 34.3. The fourth-order valence-electron chi connectivity index (χ4n) is 6.45. The van der Waals surface area contributed by atoms with E-state index >= 15 is 0 Å². The largest absolute Gasteiger partial charge is 0.501 e. The Morgan fingerprint density at radius 3 is 1.26 bits per heavy atom. The average molecular weight is 676 g/mol. The third-order valence-electron chi connectivity index (χ3n) is 9.44. The molecule has 4 nitrogen and oxygen atoms in total. The van der Waals surface area contributed by atoms with E-state index in [2.05, 4.69) is 82.9 Å². The smallest absolute Gasteiger partial charge is 0.371 e.